The molecule has 0 aliphatic carbocycles. The summed E-state index contributed by atoms with van der Waals surface area (Å²) >= 11 is 6.29. The van der Waals surface area contributed by atoms with Crippen LogP contribution in [-0.2, 0) is 23.8 Å². The minimum absolute atomic E-state index is 0.000512. The third-order valence-corrected chi connectivity index (χ3v) is 4.29. The summed E-state index contributed by atoms with van der Waals surface area (Å²) in [6.45, 7) is 3.55. The number of rotatable bonds is 6. The molecule has 0 aromatic heterocycles. The highest BCUT2D eigenvalue weighted by Gasteiger charge is 2.43. The molecule has 1 heterocycles. The number of halogens is 1. The SMILES string of the molecule is CCOC(=O)CC1=C(C(=O)OCC)C(c2ccccc2Cl)C(C#N)C(=N)O1. The lowest BCUT2D eigenvalue weighted by Gasteiger charge is -2.31. The van der Waals surface area contributed by atoms with Crippen molar-refractivity contribution in [3.8, 4) is 6.07 Å². The highest BCUT2D eigenvalue weighted by Crippen LogP contribution is 2.42. The van der Waals surface area contributed by atoms with Crippen molar-refractivity contribution < 1.29 is 23.8 Å². The van der Waals surface area contributed by atoms with Crippen molar-refractivity contribution in [3.63, 3.8) is 0 Å². The number of nitriles is 1. The minimum atomic E-state index is -1.09. The van der Waals surface area contributed by atoms with E-state index in [-0.39, 0.29) is 36.9 Å². The van der Waals surface area contributed by atoms with E-state index >= 15 is 0 Å². The second-order valence-electron chi connectivity index (χ2n) is 5.61. The molecule has 1 aliphatic heterocycles. The fourth-order valence-electron chi connectivity index (χ4n) is 2.86. The Morgan fingerprint density at radius 1 is 1.26 bits per heavy atom. The molecule has 7 nitrogen and oxygen atoms in total. The van der Waals surface area contributed by atoms with Gasteiger partial charge in [-0.2, -0.15) is 5.26 Å². The Balaban J connectivity index is 2.66. The van der Waals surface area contributed by atoms with Gasteiger partial charge in [0.25, 0.3) is 0 Å². The maximum absolute atomic E-state index is 12.7. The highest BCUT2D eigenvalue weighted by atomic mass is 35.5. The first-order valence-corrected chi connectivity index (χ1v) is 8.78. The van der Waals surface area contributed by atoms with E-state index in [0.717, 1.165) is 0 Å². The van der Waals surface area contributed by atoms with Crippen LogP contribution in [0.15, 0.2) is 35.6 Å². The van der Waals surface area contributed by atoms with Crippen LogP contribution in [0.5, 0.6) is 0 Å². The van der Waals surface area contributed by atoms with Crippen molar-refractivity contribution in [1.82, 2.24) is 0 Å². The van der Waals surface area contributed by atoms with Crippen LogP contribution in [0.2, 0.25) is 5.02 Å². The number of nitrogens with one attached hydrogen (secondary N) is 1. The van der Waals surface area contributed by atoms with Crippen molar-refractivity contribution in [2.24, 2.45) is 5.92 Å². The Morgan fingerprint density at radius 2 is 1.93 bits per heavy atom. The first-order chi connectivity index (χ1) is 12.9. The quantitative estimate of drug-likeness (QED) is 0.746. The molecule has 0 saturated heterocycles. The fraction of sp³-hybridized carbons (Fsp3) is 0.368. The molecule has 1 aromatic carbocycles. The molecule has 0 bridgehead atoms. The normalized spacial score (nSPS) is 19.1. The molecule has 1 N–H and O–H groups in total. The molecule has 0 fully saturated rings. The van der Waals surface area contributed by atoms with E-state index in [0.29, 0.717) is 10.6 Å². The summed E-state index contributed by atoms with van der Waals surface area (Å²) < 4.78 is 15.4. The first-order valence-electron chi connectivity index (χ1n) is 8.40. The van der Waals surface area contributed by atoms with Gasteiger partial charge in [0.15, 0.2) is 0 Å². The summed E-state index contributed by atoms with van der Waals surface area (Å²) in [4.78, 5) is 24.6. The van der Waals surface area contributed by atoms with Crippen LogP contribution in [0.3, 0.4) is 0 Å². The van der Waals surface area contributed by atoms with Gasteiger partial charge in [-0.05, 0) is 25.5 Å². The molecular formula is C19H19ClN2O5. The molecule has 1 aromatic rings. The number of carbonyl (C=O) groups is 2. The number of esters is 2. The summed E-state index contributed by atoms with van der Waals surface area (Å²) in [5, 5.41) is 18.0. The topological polar surface area (TPSA) is 109 Å². The average molecular weight is 391 g/mol. The van der Waals surface area contributed by atoms with Crippen LogP contribution in [0.1, 0.15) is 31.7 Å². The van der Waals surface area contributed by atoms with E-state index in [1.165, 1.54) is 0 Å². The minimum Gasteiger partial charge on any atom is -0.466 e. The Labute approximate surface area is 162 Å². The Kier molecular flexibility index (Phi) is 6.97. The summed E-state index contributed by atoms with van der Waals surface area (Å²) in [7, 11) is 0. The first kappa shape index (κ1) is 20.5. The molecule has 2 unspecified atom stereocenters. The molecule has 8 heteroatoms. The lowest BCUT2D eigenvalue weighted by molar-refractivity contribution is -0.142. The van der Waals surface area contributed by atoms with E-state index in [9.17, 15) is 14.9 Å². The van der Waals surface area contributed by atoms with Crippen LogP contribution in [0.4, 0.5) is 0 Å². The largest absolute Gasteiger partial charge is 0.466 e. The number of hydrogen-bond acceptors (Lipinski definition) is 7. The number of ether oxygens (including phenoxy) is 3. The lowest BCUT2D eigenvalue weighted by Crippen LogP contribution is -2.34. The van der Waals surface area contributed by atoms with E-state index in [1.807, 2.05) is 6.07 Å². The van der Waals surface area contributed by atoms with Crippen molar-refractivity contribution in [2.45, 2.75) is 26.2 Å². The average Bonchev–Trinajstić information content (AvgIpc) is 2.62. The van der Waals surface area contributed by atoms with Gasteiger partial charge in [-0.3, -0.25) is 10.2 Å². The molecule has 0 saturated carbocycles. The summed E-state index contributed by atoms with van der Waals surface area (Å²) in [5.74, 6) is -3.75. The third-order valence-electron chi connectivity index (χ3n) is 3.95. The molecule has 0 amide bonds. The van der Waals surface area contributed by atoms with E-state index in [2.05, 4.69) is 0 Å². The molecule has 2 rings (SSSR count). The molecule has 2 atom stereocenters. The number of benzene rings is 1. The van der Waals surface area contributed by atoms with E-state index in [1.54, 1.807) is 38.1 Å². The second-order valence-corrected chi connectivity index (χ2v) is 6.02. The highest BCUT2D eigenvalue weighted by molar-refractivity contribution is 6.31. The second kappa shape index (κ2) is 9.19. The third kappa shape index (κ3) is 4.47. The predicted octanol–water partition coefficient (Wildman–Crippen LogP) is 3.34. The molecule has 142 valence electrons. The fourth-order valence-corrected chi connectivity index (χ4v) is 3.12. The summed E-state index contributed by atoms with van der Waals surface area (Å²) in [5.41, 5.74) is 0.476. The van der Waals surface area contributed by atoms with Gasteiger partial charge in [0.2, 0.25) is 5.90 Å². The monoisotopic (exact) mass is 390 g/mol. The van der Waals surface area contributed by atoms with Gasteiger partial charge in [0, 0.05) is 10.9 Å². The van der Waals surface area contributed by atoms with Gasteiger partial charge in [-0.25, -0.2) is 4.79 Å². The van der Waals surface area contributed by atoms with Gasteiger partial charge in [0.1, 0.15) is 18.1 Å². The van der Waals surface area contributed by atoms with Crippen molar-refractivity contribution in [1.29, 1.82) is 10.7 Å². The van der Waals surface area contributed by atoms with Crippen LogP contribution in [-0.4, -0.2) is 31.1 Å². The van der Waals surface area contributed by atoms with Gasteiger partial charge in [-0.1, -0.05) is 29.8 Å². The van der Waals surface area contributed by atoms with Gasteiger partial charge >= 0.3 is 11.9 Å². The van der Waals surface area contributed by atoms with Gasteiger partial charge in [-0.15, -0.1) is 0 Å². The molecule has 27 heavy (non-hydrogen) atoms. The lowest BCUT2D eigenvalue weighted by atomic mass is 9.78. The predicted molar refractivity (Wildman–Crippen MR) is 97.0 cm³/mol. The number of carbonyl (C=O) groups excluding carboxylic acids is 2. The number of hydrogen-bond donors (Lipinski definition) is 1. The Bertz CT molecular complexity index is 828. The van der Waals surface area contributed by atoms with Gasteiger partial charge < -0.3 is 14.2 Å². The van der Waals surface area contributed by atoms with E-state index in [4.69, 9.17) is 31.2 Å². The maximum atomic E-state index is 12.7. The summed E-state index contributed by atoms with van der Waals surface area (Å²) in [6.07, 6.45) is -0.358. The molecule has 0 radical (unpaired) electrons. The maximum Gasteiger partial charge on any atom is 0.338 e. The zero-order valence-corrected chi connectivity index (χ0v) is 15.7. The van der Waals surface area contributed by atoms with Crippen LogP contribution < -0.4 is 0 Å². The zero-order valence-electron chi connectivity index (χ0n) is 15.0. The van der Waals surface area contributed by atoms with Crippen molar-refractivity contribution in [2.75, 3.05) is 13.2 Å². The zero-order chi connectivity index (χ0) is 20.0. The smallest absolute Gasteiger partial charge is 0.338 e. The van der Waals surface area contributed by atoms with Gasteiger partial charge in [0.05, 0.1) is 24.9 Å². The standard InChI is InChI=1S/C19H19ClN2O5/c1-3-25-15(23)9-14-17(19(24)26-4-2)16(12(10-21)18(22)27-14)11-7-5-6-8-13(11)20/h5-8,12,16,22H,3-4,9H2,1-2H3. The summed E-state index contributed by atoms with van der Waals surface area (Å²) in [6, 6.07) is 8.70. The van der Waals surface area contributed by atoms with Crippen LogP contribution in [0, 0.1) is 22.7 Å². The van der Waals surface area contributed by atoms with Crippen LogP contribution in [0.25, 0.3) is 0 Å². The van der Waals surface area contributed by atoms with E-state index < -0.39 is 23.8 Å². The molecular weight excluding hydrogens is 372 g/mol. The Morgan fingerprint density at radius 3 is 2.52 bits per heavy atom. The molecule has 1 aliphatic rings. The molecule has 0 spiro atoms. The van der Waals surface area contributed by atoms with Crippen LogP contribution >= 0.6 is 11.6 Å². The number of nitrogens with zero attached hydrogens (tertiary/aromatic N) is 1. The van der Waals surface area contributed by atoms with Crippen molar-refractivity contribution >= 4 is 29.4 Å². The Hall–Kier alpha value is -2.85. The van der Waals surface area contributed by atoms with Crippen molar-refractivity contribution in [3.05, 3.63) is 46.2 Å².